The molecule has 2 aromatic rings. The molecular weight excluding hydrogens is 424 g/mol. The molecule has 0 radical (unpaired) electrons. The molecule has 0 fully saturated rings. The van der Waals surface area contributed by atoms with Crippen LogP contribution < -0.4 is 23.7 Å². The van der Waals surface area contributed by atoms with Crippen molar-refractivity contribution < 1.29 is 49.2 Å². The molecule has 0 saturated heterocycles. The second-order valence-corrected chi connectivity index (χ2v) is 6.93. The van der Waals surface area contributed by atoms with Gasteiger partial charge in [-0.3, -0.25) is 0 Å². The molecular formula is C22H30O10. The van der Waals surface area contributed by atoms with Gasteiger partial charge >= 0.3 is 0 Å². The minimum absolute atomic E-state index is 0.0806. The first-order valence-electron chi connectivity index (χ1n) is 9.77. The van der Waals surface area contributed by atoms with E-state index in [1.54, 1.807) is 12.1 Å². The smallest absolute Gasteiger partial charge is 0.204 e. The highest BCUT2D eigenvalue weighted by Crippen LogP contribution is 2.42. The third-order valence-corrected chi connectivity index (χ3v) is 4.85. The number of benzene rings is 2. The maximum Gasteiger partial charge on any atom is 0.204 e. The first-order chi connectivity index (χ1) is 15.3. The summed E-state index contributed by atoms with van der Waals surface area (Å²) in [6.45, 7) is -0.967. The molecule has 0 aliphatic heterocycles. The third kappa shape index (κ3) is 5.65. The Balaban J connectivity index is 2.41. The molecule has 0 aromatic heterocycles. The fourth-order valence-corrected chi connectivity index (χ4v) is 3.16. The Kier molecular flexibility index (Phi) is 9.21. The number of aromatic hydroxyl groups is 1. The monoisotopic (exact) mass is 454 g/mol. The van der Waals surface area contributed by atoms with Crippen molar-refractivity contribution in [1.29, 1.82) is 0 Å². The topological polar surface area (TPSA) is 147 Å². The number of phenolic OH excluding ortho intramolecular Hbond substituents is 1. The summed E-state index contributed by atoms with van der Waals surface area (Å²) < 4.78 is 26.9. The molecule has 0 aliphatic rings. The van der Waals surface area contributed by atoms with Crippen LogP contribution in [0.5, 0.6) is 34.5 Å². The molecule has 0 heterocycles. The van der Waals surface area contributed by atoms with E-state index in [1.165, 1.54) is 40.6 Å². The zero-order valence-corrected chi connectivity index (χ0v) is 18.4. The Bertz CT molecular complexity index is 835. The number of phenols is 1. The molecule has 10 nitrogen and oxygen atoms in total. The summed E-state index contributed by atoms with van der Waals surface area (Å²) in [4.78, 5) is 0. The van der Waals surface area contributed by atoms with E-state index in [0.29, 0.717) is 5.56 Å². The number of aliphatic hydroxyl groups excluding tert-OH is 4. The van der Waals surface area contributed by atoms with Crippen molar-refractivity contribution in [2.75, 3.05) is 41.7 Å². The van der Waals surface area contributed by atoms with E-state index in [4.69, 9.17) is 28.8 Å². The molecule has 178 valence electrons. The van der Waals surface area contributed by atoms with Crippen molar-refractivity contribution in [3.63, 3.8) is 0 Å². The highest BCUT2D eigenvalue weighted by atomic mass is 16.6. The van der Waals surface area contributed by atoms with Crippen molar-refractivity contribution in [1.82, 2.24) is 0 Å². The minimum Gasteiger partial charge on any atom is -0.502 e. The van der Waals surface area contributed by atoms with E-state index in [1.807, 2.05) is 0 Å². The summed E-state index contributed by atoms with van der Waals surface area (Å²) in [5.74, 6) is 0.561. The summed E-state index contributed by atoms with van der Waals surface area (Å²) in [7, 11) is 5.54. The van der Waals surface area contributed by atoms with Gasteiger partial charge in [0.1, 0.15) is 6.10 Å². The van der Waals surface area contributed by atoms with Crippen LogP contribution in [0.3, 0.4) is 0 Å². The normalized spacial score (nSPS) is 13.8. The molecule has 2 aromatic carbocycles. The van der Waals surface area contributed by atoms with Crippen molar-refractivity contribution in [2.45, 2.75) is 24.7 Å². The van der Waals surface area contributed by atoms with Gasteiger partial charge in [0.2, 0.25) is 11.5 Å². The Labute approximate surface area is 186 Å². The van der Waals surface area contributed by atoms with Crippen LogP contribution in [0.4, 0.5) is 0 Å². The summed E-state index contributed by atoms with van der Waals surface area (Å²) in [5, 5.41) is 49.7. The fourth-order valence-electron chi connectivity index (χ4n) is 3.16. The van der Waals surface area contributed by atoms with Gasteiger partial charge in [0, 0.05) is 6.42 Å². The van der Waals surface area contributed by atoms with Crippen molar-refractivity contribution >= 4 is 0 Å². The van der Waals surface area contributed by atoms with Crippen LogP contribution in [0, 0.1) is 0 Å². The van der Waals surface area contributed by atoms with Crippen molar-refractivity contribution in [3.05, 3.63) is 35.4 Å². The quantitative estimate of drug-likeness (QED) is 0.312. The Morgan fingerprint density at radius 3 is 1.66 bits per heavy atom. The third-order valence-electron chi connectivity index (χ3n) is 4.85. The summed E-state index contributed by atoms with van der Waals surface area (Å²) in [6.07, 6.45) is -3.29. The molecule has 0 spiro atoms. The van der Waals surface area contributed by atoms with Gasteiger partial charge in [-0.15, -0.1) is 0 Å². The van der Waals surface area contributed by atoms with Gasteiger partial charge in [0.05, 0.1) is 47.8 Å². The van der Waals surface area contributed by atoms with Crippen LogP contribution >= 0.6 is 0 Å². The molecule has 3 unspecified atom stereocenters. The van der Waals surface area contributed by atoms with Crippen LogP contribution in [0.2, 0.25) is 0 Å². The van der Waals surface area contributed by atoms with Crippen molar-refractivity contribution in [3.8, 4) is 34.5 Å². The minimum atomic E-state index is -1.34. The molecule has 0 saturated carbocycles. The SMILES string of the molecule is COc1cc(C(O)C(CO)Oc2c(OC)cc(CC(O)CO)cc2OC)cc(OC)c1O. The molecule has 0 aliphatic carbocycles. The van der Waals surface area contributed by atoms with Gasteiger partial charge in [0.25, 0.3) is 0 Å². The first-order valence-corrected chi connectivity index (χ1v) is 9.77. The zero-order chi connectivity index (χ0) is 23.8. The highest BCUT2D eigenvalue weighted by Gasteiger charge is 2.28. The van der Waals surface area contributed by atoms with Crippen LogP contribution in [0.25, 0.3) is 0 Å². The molecule has 32 heavy (non-hydrogen) atoms. The molecule has 0 bridgehead atoms. The predicted molar refractivity (Wildman–Crippen MR) is 114 cm³/mol. The Morgan fingerprint density at radius 2 is 1.25 bits per heavy atom. The van der Waals surface area contributed by atoms with Crippen LogP contribution in [0.15, 0.2) is 24.3 Å². The van der Waals surface area contributed by atoms with Gasteiger partial charge in [-0.2, -0.15) is 0 Å². The second kappa shape index (κ2) is 11.6. The van der Waals surface area contributed by atoms with Gasteiger partial charge in [-0.05, 0) is 35.4 Å². The summed E-state index contributed by atoms with van der Waals surface area (Å²) >= 11 is 0. The van der Waals surface area contributed by atoms with E-state index >= 15 is 0 Å². The van der Waals surface area contributed by atoms with Gasteiger partial charge in [-0.25, -0.2) is 0 Å². The number of ether oxygens (including phenoxy) is 5. The van der Waals surface area contributed by atoms with E-state index < -0.39 is 31.5 Å². The fraction of sp³-hybridized carbons (Fsp3) is 0.455. The van der Waals surface area contributed by atoms with Gasteiger partial charge < -0.3 is 49.2 Å². The standard InChI is InChI=1S/C22H30O10/c1-28-15-8-13(9-16(29-2)21(15)27)20(26)19(11-24)32-22-17(30-3)6-12(5-14(25)10-23)7-18(22)31-4/h6-9,14,19-20,23-27H,5,10-11H2,1-4H3. The molecule has 10 heteroatoms. The van der Waals surface area contributed by atoms with Crippen LogP contribution in [-0.4, -0.2) is 79.4 Å². The average molecular weight is 454 g/mol. The highest BCUT2D eigenvalue weighted by molar-refractivity contribution is 5.55. The molecule has 0 amide bonds. The number of methoxy groups -OCH3 is 4. The zero-order valence-electron chi connectivity index (χ0n) is 18.4. The van der Waals surface area contributed by atoms with Gasteiger partial charge in [0.15, 0.2) is 29.1 Å². The van der Waals surface area contributed by atoms with E-state index in [0.717, 1.165) is 0 Å². The van der Waals surface area contributed by atoms with E-state index in [2.05, 4.69) is 0 Å². The largest absolute Gasteiger partial charge is 0.502 e. The molecule has 3 atom stereocenters. The lowest BCUT2D eigenvalue weighted by Gasteiger charge is -2.26. The number of rotatable bonds is 12. The number of hydrogen-bond donors (Lipinski definition) is 5. The maximum atomic E-state index is 10.9. The van der Waals surface area contributed by atoms with Crippen molar-refractivity contribution in [2.24, 2.45) is 0 Å². The van der Waals surface area contributed by atoms with Crippen LogP contribution in [0.1, 0.15) is 17.2 Å². The first kappa shape index (κ1) is 25.3. The molecule has 2 rings (SSSR count). The Morgan fingerprint density at radius 1 is 0.750 bits per heavy atom. The number of hydrogen-bond acceptors (Lipinski definition) is 10. The van der Waals surface area contributed by atoms with Crippen LogP contribution in [-0.2, 0) is 6.42 Å². The second-order valence-electron chi connectivity index (χ2n) is 6.93. The molecule has 5 N–H and O–H groups in total. The lowest BCUT2D eigenvalue weighted by molar-refractivity contribution is -0.00186. The van der Waals surface area contributed by atoms with E-state index in [9.17, 15) is 20.4 Å². The Hall–Kier alpha value is -2.92. The average Bonchev–Trinajstić information content (AvgIpc) is 2.82. The van der Waals surface area contributed by atoms with E-state index in [-0.39, 0.29) is 46.5 Å². The predicted octanol–water partition coefficient (Wildman–Crippen LogP) is 0.796. The lowest BCUT2D eigenvalue weighted by Crippen LogP contribution is -2.29. The maximum absolute atomic E-state index is 10.9. The summed E-state index contributed by atoms with van der Waals surface area (Å²) in [5.41, 5.74) is 0.901. The van der Waals surface area contributed by atoms with Gasteiger partial charge in [-0.1, -0.05) is 0 Å². The lowest BCUT2D eigenvalue weighted by atomic mass is 10.0. The number of aliphatic hydroxyl groups is 4. The summed E-state index contributed by atoms with van der Waals surface area (Å²) in [6, 6.07) is 6.01.